The largest absolute Gasteiger partial charge is 0.351 e. The SMILES string of the molecule is CCCNCC1CCCCN1c1ncc(Cl)cc1Cl. The van der Waals surface area contributed by atoms with E-state index in [1.165, 1.54) is 19.3 Å². The highest BCUT2D eigenvalue weighted by atomic mass is 35.5. The zero-order valence-electron chi connectivity index (χ0n) is 11.3. The molecule has 2 rings (SSSR count). The number of hydrogen-bond donors (Lipinski definition) is 1. The van der Waals surface area contributed by atoms with Gasteiger partial charge in [0.05, 0.1) is 10.0 Å². The molecule has 0 bridgehead atoms. The van der Waals surface area contributed by atoms with Gasteiger partial charge in [0.2, 0.25) is 0 Å². The standard InChI is InChI=1S/C14H21Cl2N3/c1-2-6-17-10-12-5-3-4-7-19(12)14-13(16)8-11(15)9-18-14/h8-9,12,17H,2-7,10H2,1H3. The lowest BCUT2D eigenvalue weighted by Crippen LogP contribution is -2.46. The van der Waals surface area contributed by atoms with Crippen molar-refractivity contribution < 1.29 is 0 Å². The zero-order valence-corrected chi connectivity index (χ0v) is 12.8. The molecule has 0 aliphatic carbocycles. The second-order valence-electron chi connectivity index (χ2n) is 5.01. The Morgan fingerprint density at radius 3 is 3.00 bits per heavy atom. The van der Waals surface area contributed by atoms with Gasteiger partial charge in [-0.1, -0.05) is 30.1 Å². The molecule has 106 valence electrons. The summed E-state index contributed by atoms with van der Waals surface area (Å²) in [5, 5.41) is 4.73. The summed E-state index contributed by atoms with van der Waals surface area (Å²) in [7, 11) is 0. The number of hydrogen-bond acceptors (Lipinski definition) is 3. The Balaban J connectivity index is 2.09. The predicted molar refractivity (Wildman–Crippen MR) is 82.4 cm³/mol. The third kappa shape index (κ3) is 3.98. The number of anilines is 1. The number of pyridine rings is 1. The highest BCUT2D eigenvalue weighted by molar-refractivity contribution is 6.36. The van der Waals surface area contributed by atoms with Crippen molar-refractivity contribution in [3.8, 4) is 0 Å². The molecule has 0 radical (unpaired) electrons. The molecule has 19 heavy (non-hydrogen) atoms. The maximum Gasteiger partial charge on any atom is 0.147 e. The van der Waals surface area contributed by atoms with E-state index in [9.17, 15) is 0 Å². The van der Waals surface area contributed by atoms with Gasteiger partial charge in [0.15, 0.2) is 0 Å². The molecule has 1 aromatic heterocycles. The van der Waals surface area contributed by atoms with Crippen LogP contribution in [-0.4, -0.2) is 30.7 Å². The van der Waals surface area contributed by atoms with Gasteiger partial charge < -0.3 is 10.2 Å². The average molecular weight is 302 g/mol. The minimum atomic E-state index is 0.478. The van der Waals surface area contributed by atoms with Crippen molar-refractivity contribution in [2.75, 3.05) is 24.5 Å². The van der Waals surface area contributed by atoms with Gasteiger partial charge in [-0.2, -0.15) is 0 Å². The number of aromatic nitrogens is 1. The Kier molecular flexibility index (Phi) is 5.74. The normalized spacial score (nSPS) is 19.7. The fourth-order valence-corrected chi connectivity index (χ4v) is 3.04. The fourth-order valence-electron chi connectivity index (χ4n) is 2.56. The second kappa shape index (κ2) is 7.32. The lowest BCUT2D eigenvalue weighted by atomic mass is 10.0. The van der Waals surface area contributed by atoms with Crippen LogP contribution in [0.25, 0.3) is 0 Å². The zero-order chi connectivity index (χ0) is 13.7. The molecule has 1 N–H and O–H groups in total. The molecule has 1 unspecified atom stereocenters. The first-order valence-electron chi connectivity index (χ1n) is 7.00. The van der Waals surface area contributed by atoms with Gasteiger partial charge >= 0.3 is 0 Å². The van der Waals surface area contributed by atoms with Gasteiger partial charge in [-0.05, 0) is 38.3 Å². The number of nitrogens with one attached hydrogen (secondary N) is 1. The third-order valence-electron chi connectivity index (χ3n) is 3.49. The average Bonchev–Trinajstić information content (AvgIpc) is 2.40. The van der Waals surface area contributed by atoms with E-state index < -0.39 is 0 Å². The molecular weight excluding hydrogens is 281 g/mol. The van der Waals surface area contributed by atoms with E-state index >= 15 is 0 Å². The summed E-state index contributed by atoms with van der Waals surface area (Å²) >= 11 is 12.2. The topological polar surface area (TPSA) is 28.2 Å². The lowest BCUT2D eigenvalue weighted by molar-refractivity contribution is 0.433. The summed E-state index contributed by atoms with van der Waals surface area (Å²) in [6.45, 7) is 5.26. The van der Waals surface area contributed by atoms with Crippen LogP contribution in [0.15, 0.2) is 12.3 Å². The molecule has 1 saturated heterocycles. The van der Waals surface area contributed by atoms with Crippen molar-refractivity contribution >= 4 is 29.0 Å². The van der Waals surface area contributed by atoms with Crippen molar-refractivity contribution in [1.29, 1.82) is 0 Å². The molecule has 1 fully saturated rings. The van der Waals surface area contributed by atoms with E-state index in [4.69, 9.17) is 23.2 Å². The van der Waals surface area contributed by atoms with Gasteiger partial charge in [0.25, 0.3) is 0 Å². The summed E-state index contributed by atoms with van der Waals surface area (Å²) in [5.41, 5.74) is 0. The van der Waals surface area contributed by atoms with Crippen LogP contribution in [0.3, 0.4) is 0 Å². The van der Waals surface area contributed by atoms with Crippen molar-refractivity contribution in [1.82, 2.24) is 10.3 Å². The predicted octanol–water partition coefficient (Wildman–Crippen LogP) is 3.75. The smallest absolute Gasteiger partial charge is 0.147 e. The number of nitrogens with zero attached hydrogens (tertiary/aromatic N) is 2. The third-order valence-corrected chi connectivity index (χ3v) is 3.98. The van der Waals surface area contributed by atoms with Crippen LogP contribution in [-0.2, 0) is 0 Å². The fraction of sp³-hybridized carbons (Fsp3) is 0.643. The first-order chi connectivity index (χ1) is 9.22. The van der Waals surface area contributed by atoms with Gasteiger partial charge in [0.1, 0.15) is 5.82 Å². The van der Waals surface area contributed by atoms with E-state index in [1.54, 1.807) is 12.3 Å². The number of halogens is 2. The first kappa shape index (κ1) is 14.9. The van der Waals surface area contributed by atoms with E-state index in [-0.39, 0.29) is 0 Å². The van der Waals surface area contributed by atoms with Gasteiger partial charge in [-0.15, -0.1) is 0 Å². The Morgan fingerprint density at radius 1 is 1.42 bits per heavy atom. The second-order valence-corrected chi connectivity index (χ2v) is 5.85. The van der Waals surface area contributed by atoms with Crippen LogP contribution in [0.4, 0.5) is 5.82 Å². The van der Waals surface area contributed by atoms with Crippen molar-refractivity contribution in [3.05, 3.63) is 22.3 Å². The van der Waals surface area contributed by atoms with Crippen LogP contribution in [0, 0.1) is 0 Å². The van der Waals surface area contributed by atoms with Crippen LogP contribution >= 0.6 is 23.2 Å². The molecule has 0 saturated carbocycles. The summed E-state index contributed by atoms with van der Waals surface area (Å²) in [5.74, 6) is 0.870. The van der Waals surface area contributed by atoms with Crippen LogP contribution in [0.2, 0.25) is 10.0 Å². The molecule has 1 aromatic rings. The highest BCUT2D eigenvalue weighted by Crippen LogP contribution is 2.30. The maximum absolute atomic E-state index is 6.28. The van der Waals surface area contributed by atoms with E-state index in [1.807, 2.05) is 0 Å². The Morgan fingerprint density at radius 2 is 2.26 bits per heavy atom. The minimum Gasteiger partial charge on any atom is -0.351 e. The molecule has 1 atom stereocenters. The van der Waals surface area contributed by atoms with Crippen molar-refractivity contribution in [2.24, 2.45) is 0 Å². The molecule has 1 aliphatic heterocycles. The molecule has 2 heterocycles. The molecule has 0 aromatic carbocycles. The summed E-state index contributed by atoms with van der Waals surface area (Å²) in [4.78, 5) is 6.74. The van der Waals surface area contributed by atoms with Crippen LogP contribution in [0.1, 0.15) is 32.6 Å². The summed E-state index contributed by atoms with van der Waals surface area (Å²) < 4.78 is 0. The number of piperidine rings is 1. The molecule has 0 amide bonds. The van der Waals surface area contributed by atoms with E-state index in [2.05, 4.69) is 22.1 Å². The Hall–Kier alpha value is -0.510. The van der Waals surface area contributed by atoms with E-state index in [0.29, 0.717) is 16.1 Å². The molecule has 5 heteroatoms. The molecule has 0 spiro atoms. The molecular formula is C14H21Cl2N3. The molecule has 1 aliphatic rings. The Labute approximate surface area is 125 Å². The lowest BCUT2D eigenvalue weighted by Gasteiger charge is -2.37. The quantitative estimate of drug-likeness (QED) is 0.840. The summed E-state index contributed by atoms with van der Waals surface area (Å²) in [6, 6.07) is 2.25. The van der Waals surface area contributed by atoms with Crippen LogP contribution in [0.5, 0.6) is 0 Å². The van der Waals surface area contributed by atoms with Gasteiger partial charge in [0, 0.05) is 25.3 Å². The highest BCUT2D eigenvalue weighted by Gasteiger charge is 2.24. The summed E-state index contributed by atoms with van der Waals surface area (Å²) in [6.07, 6.45) is 6.50. The Bertz CT molecular complexity index is 412. The minimum absolute atomic E-state index is 0.478. The molecule has 3 nitrogen and oxygen atoms in total. The van der Waals surface area contributed by atoms with Crippen molar-refractivity contribution in [3.63, 3.8) is 0 Å². The van der Waals surface area contributed by atoms with Crippen LogP contribution < -0.4 is 10.2 Å². The number of rotatable bonds is 5. The maximum atomic E-state index is 6.28. The monoisotopic (exact) mass is 301 g/mol. The van der Waals surface area contributed by atoms with E-state index in [0.717, 1.165) is 31.9 Å². The van der Waals surface area contributed by atoms with Crippen molar-refractivity contribution in [2.45, 2.75) is 38.6 Å². The van der Waals surface area contributed by atoms with Gasteiger partial charge in [-0.3, -0.25) is 0 Å². The van der Waals surface area contributed by atoms with Gasteiger partial charge in [-0.25, -0.2) is 4.98 Å². The first-order valence-corrected chi connectivity index (χ1v) is 7.76.